The van der Waals surface area contributed by atoms with Crippen molar-refractivity contribution >= 4 is 5.69 Å². The average molecular weight is 253 g/mol. The van der Waals surface area contributed by atoms with Gasteiger partial charge in [-0.25, -0.2) is 0 Å². The molecule has 0 aromatic carbocycles. The summed E-state index contributed by atoms with van der Waals surface area (Å²) in [5.41, 5.74) is 1.16. The average Bonchev–Trinajstić information content (AvgIpc) is 2.76. The Bertz CT molecular complexity index is 389. The van der Waals surface area contributed by atoms with Crippen molar-refractivity contribution in [3.8, 4) is 0 Å². The predicted molar refractivity (Wildman–Crippen MR) is 70.5 cm³/mol. The zero-order chi connectivity index (χ0) is 13.2. The topological polar surface area (TPSA) is 59.3 Å². The molecule has 102 valence electrons. The SMILES string of the molecule is CCOC1CC(Nc2cnn(CCO)c2)C1(C)C. The Kier molecular flexibility index (Phi) is 3.92. The zero-order valence-corrected chi connectivity index (χ0v) is 11.4. The van der Waals surface area contributed by atoms with E-state index in [1.165, 1.54) is 0 Å². The standard InChI is InChI=1S/C13H23N3O2/c1-4-18-12-7-11(13(12,2)3)15-10-8-14-16(9-10)5-6-17/h8-9,11-12,15,17H,4-7H2,1-3H3. The van der Waals surface area contributed by atoms with Crippen LogP contribution in [0, 0.1) is 5.41 Å². The Hall–Kier alpha value is -1.07. The molecule has 1 aliphatic carbocycles. The van der Waals surface area contributed by atoms with Crippen LogP contribution in [0.1, 0.15) is 27.2 Å². The maximum Gasteiger partial charge on any atom is 0.0728 e. The normalized spacial score (nSPS) is 25.8. The number of aliphatic hydroxyl groups excluding tert-OH is 1. The summed E-state index contributed by atoms with van der Waals surface area (Å²) in [7, 11) is 0. The second-order valence-electron chi connectivity index (χ2n) is 5.41. The number of nitrogens with one attached hydrogen (secondary N) is 1. The van der Waals surface area contributed by atoms with E-state index in [9.17, 15) is 0 Å². The molecule has 0 radical (unpaired) electrons. The number of anilines is 1. The van der Waals surface area contributed by atoms with E-state index < -0.39 is 0 Å². The molecule has 1 saturated carbocycles. The van der Waals surface area contributed by atoms with Crippen LogP contribution in [-0.4, -0.2) is 40.2 Å². The van der Waals surface area contributed by atoms with Gasteiger partial charge in [-0.2, -0.15) is 5.10 Å². The van der Waals surface area contributed by atoms with Gasteiger partial charge in [-0.3, -0.25) is 4.68 Å². The summed E-state index contributed by atoms with van der Waals surface area (Å²) in [6.07, 6.45) is 5.11. The first kappa shape index (κ1) is 13.4. The zero-order valence-electron chi connectivity index (χ0n) is 11.4. The largest absolute Gasteiger partial charge is 0.394 e. The molecule has 2 atom stereocenters. The Morgan fingerprint density at radius 2 is 2.39 bits per heavy atom. The van der Waals surface area contributed by atoms with Crippen LogP contribution in [0.3, 0.4) is 0 Å². The number of rotatable bonds is 6. The summed E-state index contributed by atoms with van der Waals surface area (Å²) >= 11 is 0. The van der Waals surface area contributed by atoms with E-state index in [0.29, 0.717) is 18.7 Å². The van der Waals surface area contributed by atoms with E-state index in [2.05, 4.69) is 24.3 Å². The van der Waals surface area contributed by atoms with Crippen LogP contribution in [0.5, 0.6) is 0 Å². The number of hydrogen-bond donors (Lipinski definition) is 2. The first-order valence-corrected chi connectivity index (χ1v) is 6.59. The van der Waals surface area contributed by atoms with E-state index >= 15 is 0 Å². The molecule has 18 heavy (non-hydrogen) atoms. The van der Waals surface area contributed by atoms with Crippen LogP contribution in [0.2, 0.25) is 0 Å². The van der Waals surface area contributed by atoms with Crippen molar-refractivity contribution in [1.82, 2.24) is 9.78 Å². The number of hydrogen-bond acceptors (Lipinski definition) is 4. The van der Waals surface area contributed by atoms with Gasteiger partial charge in [-0.1, -0.05) is 13.8 Å². The smallest absolute Gasteiger partial charge is 0.0728 e. The van der Waals surface area contributed by atoms with Crippen LogP contribution in [0.4, 0.5) is 5.69 Å². The minimum absolute atomic E-state index is 0.114. The summed E-state index contributed by atoms with van der Waals surface area (Å²) in [5, 5.41) is 16.5. The minimum Gasteiger partial charge on any atom is -0.394 e. The van der Waals surface area contributed by atoms with Crippen molar-refractivity contribution in [3.05, 3.63) is 12.4 Å². The molecule has 5 nitrogen and oxygen atoms in total. The van der Waals surface area contributed by atoms with Crippen molar-refractivity contribution < 1.29 is 9.84 Å². The van der Waals surface area contributed by atoms with Gasteiger partial charge in [0.25, 0.3) is 0 Å². The third kappa shape index (κ3) is 2.52. The Morgan fingerprint density at radius 1 is 1.61 bits per heavy atom. The first-order chi connectivity index (χ1) is 8.57. The van der Waals surface area contributed by atoms with Gasteiger partial charge in [-0.05, 0) is 13.3 Å². The van der Waals surface area contributed by atoms with Gasteiger partial charge in [0, 0.05) is 24.3 Å². The Balaban J connectivity index is 1.90. The predicted octanol–water partition coefficient (Wildman–Crippen LogP) is 1.49. The van der Waals surface area contributed by atoms with Crippen LogP contribution < -0.4 is 5.32 Å². The van der Waals surface area contributed by atoms with Crippen LogP contribution >= 0.6 is 0 Å². The quantitative estimate of drug-likeness (QED) is 0.806. The molecule has 1 aromatic rings. The number of aromatic nitrogens is 2. The molecule has 5 heteroatoms. The van der Waals surface area contributed by atoms with E-state index in [-0.39, 0.29) is 12.0 Å². The molecule has 2 N–H and O–H groups in total. The molecule has 2 rings (SSSR count). The highest BCUT2D eigenvalue weighted by molar-refractivity contribution is 5.41. The Labute approximate surface area is 108 Å². The molecule has 0 saturated heterocycles. The molecule has 0 amide bonds. The first-order valence-electron chi connectivity index (χ1n) is 6.59. The molecule has 0 spiro atoms. The van der Waals surface area contributed by atoms with E-state index in [0.717, 1.165) is 18.7 Å². The molecule has 0 bridgehead atoms. The highest BCUT2D eigenvalue weighted by Crippen LogP contribution is 2.44. The van der Waals surface area contributed by atoms with Crippen molar-refractivity contribution in [2.24, 2.45) is 5.41 Å². The third-order valence-electron chi connectivity index (χ3n) is 3.85. The Morgan fingerprint density at radius 3 is 3.00 bits per heavy atom. The summed E-state index contributed by atoms with van der Waals surface area (Å²) in [4.78, 5) is 0. The van der Waals surface area contributed by atoms with E-state index in [4.69, 9.17) is 9.84 Å². The van der Waals surface area contributed by atoms with Gasteiger partial charge in [0.1, 0.15) is 0 Å². The maximum atomic E-state index is 8.85. The molecule has 2 unspecified atom stereocenters. The third-order valence-corrected chi connectivity index (χ3v) is 3.85. The summed E-state index contributed by atoms with van der Waals surface area (Å²) in [6, 6.07) is 0.417. The molecule has 0 aliphatic heterocycles. The van der Waals surface area contributed by atoms with Gasteiger partial charge in [0.05, 0.1) is 31.1 Å². The van der Waals surface area contributed by atoms with E-state index in [1.54, 1.807) is 10.9 Å². The van der Waals surface area contributed by atoms with Crippen LogP contribution in [-0.2, 0) is 11.3 Å². The summed E-state index contributed by atoms with van der Waals surface area (Å²) < 4.78 is 7.45. The van der Waals surface area contributed by atoms with Gasteiger partial charge >= 0.3 is 0 Å². The monoisotopic (exact) mass is 253 g/mol. The van der Waals surface area contributed by atoms with Crippen molar-refractivity contribution in [1.29, 1.82) is 0 Å². The molecule has 1 aromatic heterocycles. The van der Waals surface area contributed by atoms with Gasteiger partial charge in [0.15, 0.2) is 0 Å². The fourth-order valence-electron chi connectivity index (χ4n) is 2.48. The lowest BCUT2D eigenvalue weighted by molar-refractivity contribution is -0.0975. The van der Waals surface area contributed by atoms with Crippen LogP contribution in [0.25, 0.3) is 0 Å². The molecule has 1 aliphatic rings. The van der Waals surface area contributed by atoms with E-state index in [1.807, 2.05) is 13.1 Å². The highest BCUT2D eigenvalue weighted by atomic mass is 16.5. The van der Waals surface area contributed by atoms with Crippen molar-refractivity contribution in [2.75, 3.05) is 18.5 Å². The lowest BCUT2D eigenvalue weighted by Gasteiger charge is -2.51. The fraction of sp³-hybridized carbons (Fsp3) is 0.769. The molecular formula is C13H23N3O2. The summed E-state index contributed by atoms with van der Waals surface area (Å²) in [5.74, 6) is 0. The number of ether oxygens (including phenoxy) is 1. The minimum atomic E-state index is 0.114. The van der Waals surface area contributed by atoms with Crippen molar-refractivity contribution in [2.45, 2.75) is 45.9 Å². The lowest BCUT2D eigenvalue weighted by atomic mass is 9.64. The van der Waals surface area contributed by atoms with Crippen LogP contribution in [0.15, 0.2) is 12.4 Å². The molecule has 1 fully saturated rings. The molecule has 1 heterocycles. The summed E-state index contributed by atoms with van der Waals surface area (Å²) in [6.45, 7) is 7.92. The van der Waals surface area contributed by atoms with Gasteiger partial charge < -0.3 is 15.2 Å². The number of aliphatic hydroxyl groups is 1. The highest BCUT2D eigenvalue weighted by Gasteiger charge is 2.48. The number of nitrogens with zero attached hydrogens (tertiary/aromatic N) is 2. The fourth-order valence-corrected chi connectivity index (χ4v) is 2.48. The van der Waals surface area contributed by atoms with Gasteiger partial charge in [-0.15, -0.1) is 0 Å². The molecular weight excluding hydrogens is 230 g/mol. The van der Waals surface area contributed by atoms with Gasteiger partial charge in [0.2, 0.25) is 0 Å². The maximum absolute atomic E-state index is 8.85. The second kappa shape index (κ2) is 5.28. The van der Waals surface area contributed by atoms with Crippen molar-refractivity contribution in [3.63, 3.8) is 0 Å². The second-order valence-corrected chi connectivity index (χ2v) is 5.41. The lowest BCUT2D eigenvalue weighted by Crippen LogP contribution is -2.58.